The molecule has 4 aromatic rings. The molecule has 1 atom stereocenters. The van der Waals surface area contributed by atoms with Gasteiger partial charge in [-0.25, -0.2) is 31.4 Å². The first-order valence-electron chi connectivity index (χ1n) is 11.2. The Hall–Kier alpha value is -3.90. The summed E-state index contributed by atoms with van der Waals surface area (Å²) in [5.74, 6) is -1.40. The number of carbonyl (C=O) groups excluding carboxylic acids is 1. The van der Waals surface area contributed by atoms with Crippen LogP contribution in [0, 0.1) is 11.6 Å². The average Bonchev–Trinajstić information content (AvgIpc) is 3.53. The van der Waals surface area contributed by atoms with E-state index in [2.05, 4.69) is 20.1 Å². The highest BCUT2D eigenvalue weighted by Gasteiger charge is 2.29. The quantitative estimate of drug-likeness (QED) is 0.409. The zero-order valence-corrected chi connectivity index (χ0v) is 20.0. The molecule has 9 nitrogen and oxygen atoms in total. The summed E-state index contributed by atoms with van der Waals surface area (Å²) in [7, 11) is -2.41. The number of pyridine rings is 2. The Labute approximate surface area is 205 Å². The van der Waals surface area contributed by atoms with Crippen molar-refractivity contribution in [1.29, 1.82) is 0 Å². The summed E-state index contributed by atoms with van der Waals surface area (Å²) >= 11 is 0. The van der Waals surface area contributed by atoms with Gasteiger partial charge in [-0.15, -0.1) is 0 Å². The minimum atomic E-state index is -3.69. The molecule has 0 radical (unpaired) electrons. The fourth-order valence-electron chi connectivity index (χ4n) is 4.41. The van der Waals surface area contributed by atoms with E-state index in [1.807, 2.05) is 11.0 Å². The van der Waals surface area contributed by atoms with Gasteiger partial charge < -0.3 is 10.2 Å². The van der Waals surface area contributed by atoms with Crippen LogP contribution in [0.15, 0.2) is 66.1 Å². The van der Waals surface area contributed by atoms with Crippen LogP contribution in [0.1, 0.15) is 34.8 Å². The highest BCUT2D eigenvalue weighted by Crippen LogP contribution is 2.38. The number of nitrogens with zero attached hydrogens (tertiary/aromatic N) is 4. The lowest BCUT2D eigenvalue weighted by molar-refractivity contribution is 0.102. The molecule has 3 aromatic heterocycles. The smallest absolute Gasteiger partial charge is 0.259 e. The average molecular weight is 513 g/mol. The Morgan fingerprint density at radius 1 is 1.11 bits per heavy atom. The molecular weight excluding hydrogens is 490 g/mol. The van der Waals surface area contributed by atoms with Gasteiger partial charge in [-0.1, -0.05) is 0 Å². The summed E-state index contributed by atoms with van der Waals surface area (Å²) in [6, 6.07) is 9.48. The van der Waals surface area contributed by atoms with E-state index in [1.54, 1.807) is 16.8 Å². The van der Waals surface area contributed by atoms with Crippen molar-refractivity contribution >= 4 is 32.8 Å². The monoisotopic (exact) mass is 512 g/mol. The lowest BCUT2D eigenvalue weighted by Gasteiger charge is -2.27. The molecule has 4 heterocycles. The van der Waals surface area contributed by atoms with Crippen LogP contribution in [0.2, 0.25) is 0 Å². The summed E-state index contributed by atoms with van der Waals surface area (Å²) in [4.78, 5) is 18.9. The number of anilines is 2. The van der Waals surface area contributed by atoms with Gasteiger partial charge in [-0.2, -0.15) is 5.10 Å². The maximum absolute atomic E-state index is 14.5. The third kappa shape index (κ3) is 4.40. The number of hydrogen-bond acceptors (Lipinski definition) is 6. The number of amides is 1. The van der Waals surface area contributed by atoms with Crippen LogP contribution in [-0.4, -0.2) is 42.5 Å². The largest absolute Gasteiger partial charge is 0.364 e. The molecule has 1 fully saturated rings. The molecule has 0 aliphatic carbocycles. The van der Waals surface area contributed by atoms with E-state index < -0.39 is 27.6 Å². The number of nitrogens with one attached hydrogen (secondary N) is 2. The second-order valence-electron chi connectivity index (χ2n) is 8.34. The van der Waals surface area contributed by atoms with Crippen molar-refractivity contribution in [3.63, 3.8) is 0 Å². The highest BCUT2D eigenvalue weighted by atomic mass is 32.2. The standard InChI is InChI=1S/C24H22F2N6O3S/c1-27-36(34,35)23-7-5-16(13-28-23)30-24(33)19-14-29-32-10-8-17(12-22(19)32)31-9-2-3-21(31)18-11-15(25)4-6-20(18)26/h4-8,10-14,21,27H,2-3,9H2,1H3,(H,30,33). The summed E-state index contributed by atoms with van der Waals surface area (Å²) in [6.07, 6.45) is 5.86. The molecule has 0 spiro atoms. The van der Waals surface area contributed by atoms with E-state index in [1.165, 1.54) is 37.6 Å². The molecule has 1 saturated heterocycles. The summed E-state index contributed by atoms with van der Waals surface area (Å²) in [5, 5.41) is 6.76. The number of carbonyl (C=O) groups is 1. The number of sulfonamides is 1. The lowest BCUT2D eigenvalue weighted by atomic mass is 10.0. The molecule has 1 amide bonds. The van der Waals surface area contributed by atoms with Crippen LogP contribution in [0.4, 0.5) is 20.2 Å². The second-order valence-corrected chi connectivity index (χ2v) is 10.2. The third-order valence-corrected chi connectivity index (χ3v) is 7.52. The Balaban J connectivity index is 1.42. The fraction of sp³-hybridized carbons (Fsp3) is 0.208. The molecule has 1 aliphatic rings. The van der Waals surface area contributed by atoms with Crippen molar-refractivity contribution in [2.75, 3.05) is 23.8 Å². The van der Waals surface area contributed by atoms with Crippen LogP contribution in [-0.2, 0) is 10.0 Å². The Kier molecular flexibility index (Phi) is 6.14. The Bertz CT molecular complexity index is 1560. The number of aromatic nitrogens is 3. The molecule has 1 unspecified atom stereocenters. The van der Waals surface area contributed by atoms with Gasteiger partial charge in [-0.3, -0.25) is 4.79 Å². The molecule has 0 bridgehead atoms. The summed E-state index contributed by atoms with van der Waals surface area (Å²) in [6.45, 7) is 0.653. The molecular formula is C24H22F2N6O3S. The molecule has 0 saturated carbocycles. The first-order chi connectivity index (χ1) is 17.3. The number of rotatable bonds is 6. The van der Waals surface area contributed by atoms with E-state index in [4.69, 9.17) is 0 Å². The summed E-state index contributed by atoms with van der Waals surface area (Å²) in [5.41, 5.74) is 2.18. The minimum absolute atomic E-state index is 0.168. The Morgan fingerprint density at radius 2 is 1.94 bits per heavy atom. The van der Waals surface area contributed by atoms with Gasteiger partial charge in [0.25, 0.3) is 15.9 Å². The molecule has 1 aromatic carbocycles. The van der Waals surface area contributed by atoms with E-state index in [9.17, 15) is 22.0 Å². The van der Waals surface area contributed by atoms with Crippen molar-refractivity contribution in [3.05, 3.63) is 83.8 Å². The van der Waals surface area contributed by atoms with Crippen LogP contribution in [0.25, 0.3) is 5.52 Å². The highest BCUT2D eigenvalue weighted by molar-refractivity contribution is 7.89. The van der Waals surface area contributed by atoms with E-state index in [-0.39, 0.29) is 16.6 Å². The Morgan fingerprint density at radius 3 is 2.69 bits per heavy atom. The van der Waals surface area contributed by atoms with Gasteiger partial charge in [0.2, 0.25) is 0 Å². The number of halogens is 2. The van der Waals surface area contributed by atoms with Crippen molar-refractivity contribution in [2.24, 2.45) is 0 Å². The van der Waals surface area contributed by atoms with E-state index in [0.717, 1.165) is 24.2 Å². The molecule has 2 N–H and O–H groups in total. The zero-order chi connectivity index (χ0) is 25.4. The second kappa shape index (κ2) is 9.28. The molecule has 5 rings (SSSR count). The molecule has 1 aliphatic heterocycles. The number of hydrogen-bond donors (Lipinski definition) is 2. The SMILES string of the molecule is CNS(=O)(=O)c1ccc(NC(=O)c2cnn3ccc(N4CCCC4c4cc(F)ccc4F)cc23)cn1. The first-order valence-corrected chi connectivity index (χ1v) is 12.6. The van der Waals surface area contributed by atoms with Crippen LogP contribution in [0.5, 0.6) is 0 Å². The van der Waals surface area contributed by atoms with Crippen LogP contribution in [0.3, 0.4) is 0 Å². The van der Waals surface area contributed by atoms with Gasteiger partial charge in [0.05, 0.1) is 35.2 Å². The lowest BCUT2D eigenvalue weighted by Crippen LogP contribution is -2.23. The van der Waals surface area contributed by atoms with Crippen molar-refractivity contribution in [3.8, 4) is 0 Å². The van der Waals surface area contributed by atoms with Crippen molar-refractivity contribution in [1.82, 2.24) is 19.3 Å². The fourth-order valence-corrected chi connectivity index (χ4v) is 5.06. The van der Waals surface area contributed by atoms with Gasteiger partial charge in [0.1, 0.15) is 11.6 Å². The van der Waals surface area contributed by atoms with Crippen LogP contribution >= 0.6 is 0 Å². The van der Waals surface area contributed by atoms with E-state index in [0.29, 0.717) is 29.7 Å². The van der Waals surface area contributed by atoms with Crippen LogP contribution < -0.4 is 14.9 Å². The topological polar surface area (TPSA) is 109 Å². The zero-order valence-electron chi connectivity index (χ0n) is 19.1. The van der Waals surface area contributed by atoms with Crippen molar-refractivity contribution < 1.29 is 22.0 Å². The molecule has 36 heavy (non-hydrogen) atoms. The van der Waals surface area contributed by atoms with Gasteiger partial charge >= 0.3 is 0 Å². The summed E-state index contributed by atoms with van der Waals surface area (Å²) < 4.78 is 55.7. The number of fused-ring (bicyclic) bond motifs is 1. The minimum Gasteiger partial charge on any atom is -0.364 e. The van der Waals surface area contributed by atoms with E-state index >= 15 is 0 Å². The predicted molar refractivity (Wildman–Crippen MR) is 129 cm³/mol. The normalized spacial score (nSPS) is 16.0. The number of benzene rings is 1. The first kappa shape index (κ1) is 23.8. The van der Waals surface area contributed by atoms with Gasteiger partial charge in [0.15, 0.2) is 5.03 Å². The molecule has 12 heteroatoms. The maximum atomic E-state index is 14.5. The molecule has 186 valence electrons. The maximum Gasteiger partial charge on any atom is 0.259 e. The third-order valence-electron chi connectivity index (χ3n) is 6.19. The van der Waals surface area contributed by atoms with Gasteiger partial charge in [0, 0.05) is 24.0 Å². The predicted octanol–water partition coefficient (Wildman–Crippen LogP) is 3.51. The van der Waals surface area contributed by atoms with Gasteiger partial charge in [-0.05, 0) is 62.4 Å². The van der Waals surface area contributed by atoms with Crippen molar-refractivity contribution in [2.45, 2.75) is 23.9 Å².